The van der Waals surface area contributed by atoms with E-state index in [-0.39, 0.29) is 5.75 Å². The summed E-state index contributed by atoms with van der Waals surface area (Å²) in [5, 5.41) is 4.31. The van der Waals surface area contributed by atoms with E-state index in [9.17, 15) is 8.42 Å². The molecule has 0 radical (unpaired) electrons. The first-order valence-corrected chi connectivity index (χ1v) is 4.31. The smallest absolute Gasteiger partial charge is 0.172 e. The Morgan fingerprint density at radius 2 is 2.40 bits per heavy atom. The molecule has 1 unspecified atom stereocenters. The third-order valence-electron chi connectivity index (χ3n) is 1.11. The van der Waals surface area contributed by atoms with Crippen molar-refractivity contribution >= 4 is 9.84 Å². The Morgan fingerprint density at radius 3 is 2.80 bits per heavy atom. The van der Waals surface area contributed by atoms with Gasteiger partial charge in [0.15, 0.2) is 9.84 Å². The number of azide groups is 1. The number of nitrogens with zero attached hydrogens (tertiary/aromatic N) is 3. The lowest BCUT2D eigenvalue weighted by atomic mass is 10.4. The summed E-state index contributed by atoms with van der Waals surface area (Å²) in [7, 11) is -3.06. The predicted octanol–water partition coefficient (Wildman–Crippen LogP) is 0.607. The fourth-order valence-electron chi connectivity index (χ4n) is 0.698. The second kappa shape index (κ2) is 2.32. The number of hydrogen-bond acceptors (Lipinski definition) is 3. The van der Waals surface area contributed by atoms with Crippen LogP contribution in [-0.2, 0) is 9.84 Å². The van der Waals surface area contributed by atoms with Crippen LogP contribution in [0, 0.1) is 0 Å². The van der Waals surface area contributed by atoms with Gasteiger partial charge in [0.1, 0.15) is 0 Å². The Bertz CT molecular complexity index is 298. The molecule has 1 aliphatic heterocycles. The normalized spacial score (nSPS) is 27.8. The Kier molecular flexibility index (Phi) is 1.65. The average Bonchev–Trinajstić information content (AvgIpc) is 2.12. The molecule has 0 aromatic heterocycles. The zero-order valence-electron chi connectivity index (χ0n) is 5.01. The summed E-state index contributed by atoms with van der Waals surface area (Å²) < 4.78 is 21.3. The van der Waals surface area contributed by atoms with Gasteiger partial charge in [-0.1, -0.05) is 11.2 Å². The van der Waals surface area contributed by atoms with E-state index in [0.29, 0.717) is 0 Å². The van der Waals surface area contributed by atoms with Crippen LogP contribution in [0.25, 0.3) is 10.4 Å². The molecule has 1 heterocycles. The van der Waals surface area contributed by atoms with Gasteiger partial charge in [-0.05, 0) is 5.53 Å². The molecule has 54 valence electrons. The standard InChI is InChI=1S/C4H5N3O2S/c5-7-6-4-1-2-10(8,9)3-4/h1-2,4H,3H2. The molecule has 0 bridgehead atoms. The van der Waals surface area contributed by atoms with Gasteiger partial charge in [0, 0.05) is 10.3 Å². The summed E-state index contributed by atoms with van der Waals surface area (Å²) in [5.41, 5.74) is 7.93. The van der Waals surface area contributed by atoms with E-state index >= 15 is 0 Å². The van der Waals surface area contributed by atoms with Crippen molar-refractivity contribution in [2.24, 2.45) is 5.11 Å². The Balaban J connectivity index is 2.81. The predicted molar refractivity (Wildman–Crippen MR) is 35.9 cm³/mol. The maximum atomic E-state index is 10.6. The molecule has 1 aliphatic rings. The van der Waals surface area contributed by atoms with Crippen LogP contribution in [-0.4, -0.2) is 20.2 Å². The third kappa shape index (κ3) is 1.49. The van der Waals surface area contributed by atoms with Crippen molar-refractivity contribution < 1.29 is 8.42 Å². The van der Waals surface area contributed by atoms with Crippen LogP contribution in [0.2, 0.25) is 0 Å². The van der Waals surface area contributed by atoms with Crippen LogP contribution in [0.3, 0.4) is 0 Å². The first-order valence-electron chi connectivity index (χ1n) is 2.59. The summed E-state index contributed by atoms with van der Waals surface area (Å²) in [5.74, 6) is -0.0863. The van der Waals surface area contributed by atoms with Gasteiger partial charge in [0.25, 0.3) is 0 Å². The maximum Gasteiger partial charge on any atom is 0.172 e. The molecule has 0 aromatic rings. The molecular formula is C4H5N3O2S. The van der Waals surface area contributed by atoms with Crippen molar-refractivity contribution in [1.82, 2.24) is 0 Å². The van der Waals surface area contributed by atoms with Crippen LogP contribution < -0.4 is 0 Å². The zero-order valence-corrected chi connectivity index (χ0v) is 5.82. The van der Waals surface area contributed by atoms with Crippen LogP contribution in [0.4, 0.5) is 0 Å². The van der Waals surface area contributed by atoms with Crippen molar-refractivity contribution in [3.63, 3.8) is 0 Å². The Labute approximate surface area is 57.9 Å². The summed E-state index contributed by atoms with van der Waals surface area (Å²) in [4.78, 5) is 2.49. The lowest BCUT2D eigenvalue weighted by molar-refractivity contribution is 0.604. The van der Waals surface area contributed by atoms with Gasteiger partial charge in [0.05, 0.1) is 11.8 Å². The van der Waals surface area contributed by atoms with Crippen molar-refractivity contribution in [1.29, 1.82) is 0 Å². The fraction of sp³-hybridized carbons (Fsp3) is 0.500. The molecule has 0 aliphatic carbocycles. The molecule has 0 N–H and O–H groups in total. The van der Waals surface area contributed by atoms with Crippen molar-refractivity contribution in [2.45, 2.75) is 6.04 Å². The van der Waals surface area contributed by atoms with Crippen LogP contribution in [0.5, 0.6) is 0 Å². The highest BCUT2D eigenvalue weighted by Gasteiger charge is 2.19. The van der Waals surface area contributed by atoms with Crippen LogP contribution in [0.15, 0.2) is 16.6 Å². The van der Waals surface area contributed by atoms with E-state index in [1.165, 1.54) is 6.08 Å². The van der Waals surface area contributed by atoms with Crippen LogP contribution >= 0.6 is 0 Å². The molecule has 10 heavy (non-hydrogen) atoms. The van der Waals surface area contributed by atoms with E-state index in [0.717, 1.165) is 5.41 Å². The fourth-order valence-corrected chi connectivity index (χ4v) is 1.88. The molecule has 0 aromatic carbocycles. The first kappa shape index (κ1) is 7.11. The van der Waals surface area contributed by atoms with E-state index < -0.39 is 15.9 Å². The number of rotatable bonds is 1. The molecule has 0 saturated carbocycles. The molecule has 0 spiro atoms. The summed E-state index contributed by atoms with van der Waals surface area (Å²) >= 11 is 0. The Hall–Kier alpha value is -1.00. The molecule has 0 amide bonds. The monoisotopic (exact) mass is 159 g/mol. The van der Waals surface area contributed by atoms with E-state index in [1.807, 2.05) is 0 Å². The van der Waals surface area contributed by atoms with Gasteiger partial charge >= 0.3 is 0 Å². The molecular weight excluding hydrogens is 154 g/mol. The van der Waals surface area contributed by atoms with Gasteiger partial charge in [-0.2, -0.15) is 0 Å². The average molecular weight is 159 g/mol. The van der Waals surface area contributed by atoms with Crippen LogP contribution in [0.1, 0.15) is 0 Å². The van der Waals surface area contributed by atoms with Gasteiger partial charge in [-0.25, -0.2) is 8.42 Å². The molecule has 0 saturated heterocycles. The topological polar surface area (TPSA) is 82.9 Å². The van der Waals surface area contributed by atoms with Crippen molar-refractivity contribution in [2.75, 3.05) is 5.75 Å². The van der Waals surface area contributed by atoms with Crippen molar-refractivity contribution in [3.8, 4) is 0 Å². The van der Waals surface area contributed by atoms with Gasteiger partial charge in [-0.15, -0.1) is 0 Å². The highest BCUT2D eigenvalue weighted by molar-refractivity contribution is 7.94. The Morgan fingerprint density at radius 1 is 1.70 bits per heavy atom. The maximum absolute atomic E-state index is 10.6. The zero-order chi connectivity index (χ0) is 7.61. The van der Waals surface area contributed by atoms with E-state index in [2.05, 4.69) is 10.0 Å². The minimum atomic E-state index is -3.06. The SMILES string of the molecule is [N-]=[N+]=NC1C=CS(=O)(=O)C1. The quantitative estimate of drug-likeness (QED) is 0.319. The molecule has 6 heteroatoms. The second-order valence-corrected chi connectivity index (χ2v) is 3.86. The lowest BCUT2D eigenvalue weighted by Gasteiger charge is -1.91. The van der Waals surface area contributed by atoms with Gasteiger partial charge in [-0.3, -0.25) is 0 Å². The largest absolute Gasteiger partial charge is 0.224 e. The minimum Gasteiger partial charge on any atom is -0.224 e. The summed E-state index contributed by atoms with van der Waals surface area (Å²) in [6.45, 7) is 0. The molecule has 1 rings (SSSR count). The van der Waals surface area contributed by atoms with Gasteiger partial charge < -0.3 is 0 Å². The first-order chi connectivity index (χ1) is 4.64. The van der Waals surface area contributed by atoms with E-state index in [1.54, 1.807) is 0 Å². The molecule has 1 atom stereocenters. The van der Waals surface area contributed by atoms with Crippen molar-refractivity contribution in [3.05, 3.63) is 21.9 Å². The van der Waals surface area contributed by atoms with Gasteiger partial charge in [0.2, 0.25) is 0 Å². The molecule has 5 nitrogen and oxygen atoms in total. The highest BCUT2D eigenvalue weighted by Crippen LogP contribution is 2.10. The summed E-state index contributed by atoms with van der Waals surface area (Å²) in [6.07, 6.45) is 1.38. The van der Waals surface area contributed by atoms with E-state index in [4.69, 9.17) is 5.53 Å². The third-order valence-corrected chi connectivity index (χ3v) is 2.49. The number of sulfone groups is 1. The minimum absolute atomic E-state index is 0.0863. The lowest BCUT2D eigenvalue weighted by Crippen LogP contribution is -2.06. The summed E-state index contributed by atoms with van der Waals surface area (Å²) in [6, 6.07) is -0.505. The molecule has 0 fully saturated rings. The highest BCUT2D eigenvalue weighted by atomic mass is 32.2. The second-order valence-electron chi connectivity index (χ2n) is 1.93. The number of hydrogen-bond donors (Lipinski definition) is 0.